The van der Waals surface area contributed by atoms with Crippen molar-refractivity contribution in [2.75, 3.05) is 7.11 Å². The van der Waals surface area contributed by atoms with Gasteiger partial charge >= 0.3 is 5.97 Å². The zero-order valence-corrected chi connectivity index (χ0v) is 9.78. The molecular formula is C13H12N2O3. The number of carboxylic acid groups (broad SMARTS) is 1. The van der Waals surface area contributed by atoms with Crippen LogP contribution in [0.15, 0.2) is 42.7 Å². The number of hydrogen-bond acceptors (Lipinski definition) is 4. The van der Waals surface area contributed by atoms with Crippen LogP contribution in [-0.2, 0) is 4.79 Å². The number of rotatable bonds is 4. The predicted molar refractivity (Wildman–Crippen MR) is 64.5 cm³/mol. The second-order valence-electron chi connectivity index (χ2n) is 3.62. The summed E-state index contributed by atoms with van der Waals surface area (Å²) in [5, 5.41) is 9.36. The van der Waals surface area contributed by atoms with Crippen LogP contribution >= 0.6 is 0 Å². The van der Waals surface area contributed by atoms with Crippen LogP contribution in [-0.4, -0.2) is 28.2 Å². The molecule has 1 N–H and O–H groups in total. The zero-order chi connectivity index (χ0) is 13.0. The molecule has 0 saturated carbocycles. The quantitative estimate of drug-likeness (QED) is 0.886. The number of hydrogen-bond donors (Lipinski definition) is 1. The first-order valence-corrected chi connectivity index (χ1v) is 5.36. The third-order valence-corrected chi connectivity index (χ3v) is 2.54. The molecule has 18 heavy (non-hydrogen) atoms. The van der Waals surface area contributed by atoms with Gasteiger partial charge in [-0.1, -0.05) is 18.2 Å². The third-order valence-electron chi connectivity index (χ3n) is 2.54. The molecule has 5 heteroatoms. The second-order valence-corrected chi connectivity index (χ2v) is 3.62. The Morgan fingerprint density at radius 1 is 1.22 bits per heavy atom. The van der Waals surface area contributed by atoms with E-state index < -0.39 is 11.9 Å². The van der Waals surface area contributed by atoms with Crippen LogP contribution in [0, 0.1) is 0 Å². The third kappa shape index (κ3) is 2.29. The molecule has 0 aliphatic carbocycles. The van der Waals surface area contributed by atoms with E-state index in [1.165, 1.54) is 19.5 Å². The molecule has 0 spiro atoms. The van der Waals surface area contributed by atoms with Crippen molar-refractivity contribution >= 4 is 5.97 Å². The molecule has 2 rings (SSSR count). The molecule has 0 radical (unpaired) electrons. The van der Waals surface area contributed by atoms with Gasteiger partial charge in [0.2, 0.25) is 0 Å². The molecule has 0 bridgehead atoms. The van der Waals surface area contributed by atoms with Crippen molar-refractivity contribution in [3.05, 3.63) is 54.1 Å². The molecule has 0 saturated heterocycles. The minimum atomic E-state index is -1.01. The molecule has 0 aliphatic heterocycles. The van der Waals surface area contributed by atoms with Crippen molar-refractivity contribution in [1.29, 1.82) is 0 Å². The van der Waals surface area contributed by atoms with E-state index in [-0.39, 0.29) is 5.82 Å². The molecule has 1 unspecified atom stereocenters. The fraction of sp³-hybridized carbons (Fsp3) is 0.154. The Morgan fingerprint density at radius 3 is 2.50 bits per heavy atom. The fourth-order valence-electron chi connectivity index (χ4n) is 1.75. The Morgan fingerprint density at radius 2 is 1.89 bits per heavy atom. The van der Waals surface area contributed by atoms with Crippen molar-refractivity contribution in [3.8, 4) is 5.75 Å². The lowest BCUT2D eigenvalue weighted by Gasteiger charge is -2.14. The predicted octanol–water partition coefficient (Wildman–Crippen LogP) is 1.70. The molecule has 1 aromatic heterocycles. The molecule has 2 aromatic rings. The SMILES string of the molecule is COc1ccccc1C(C(=O)O)c1ncccn1. The summed E-state index contributed by atoms with van der Waals surface area (Å²) in [6, 6.07) is 8.61. The molecule has 0 fully saturated rings. The lowest BCUT2D eigenvalue weighted by Crippen LogP contribution is -2.16. The van der Waals surface area contributed by atoms with Gasteiger partial charge in [0.15, 0.2) is 0 Å². The molecule has 1 aromatic carbocycles. The van der Waals surface area contributed by atoms with Crippen LogP contribution < -0.4 is 4.74 Å². The van der Waals surface area contributed by atoms with Crippen LogP contribution in [0.4, 0.5) is 0 Å². The van der Waals surface area contributed by atoms with Gasteiger partial charge in [-0.05, 0) is 12.1 Å². The number of benzene rings is 1. The first-order chi connectivity index (χ1) is 8.74. The highest BCUT2D eigenvalue weighted by atomic mass is 16.5. The van der Waals surface area contributed by atoms with Crippen molar-refractivity contribution < 1.29 is 14.6 Å². The van der Waals surface area contributed by atoms with E-state index in [2.05, 4.69) is 9.97 Å². The highest BCUT2D eigenvalue weighted by Crippen LogP contribution is 2.29. The maximum Gasteiger partial charge on any atom is 0.318 e. The number of aliphatic carboxylic acids is 1. The molecule has 92 valence electrons. The summed E-state index contributed by atoms with van der Waals surface area (Å²) in [6.07, 6.45) is 3.04. The maximum atomic E-state index is 11.4. The monoisotopic (exact) mass is 244 g/mol. The minimum absolute atomic E-state index is 0.245. The molecule has 5 nitrogen and oxygen atoms in total. The topological polar surface area (TPSA) is 72.3 Å². The van der Waals surface area contributed by atoms with Gasteiger partial charge in [0.25, 0.3) is 0 Å². The van der Waals surface area contributed by atoms with Gasteiger partial charge < -0.3 is 9.84 Å². The lowest BCUT2D eigenvalue weighted by atomic mass is 9.97. The first-order valence-electron chi connectivity index (χ1n) is 5.36. The van der Waals surface area contributed by atoms with Gasteiger partial charge in [-0.2, -0.15) is 0 Å². The van der Waals surface area contributed by atoms with Crippen molar-refractivity contribution in [2.45, 2.75) is 5.92 Å². The van der Waals surface area contributed by atoms with Crippen molar-refractivity contribution in [2.24, 2.45) is 0 Å². The van der Waals surface area contributed by atoms with Crippen molar-refractivity contribution in [1.82, 2.24) is 9.97 Å². The smallest absolute Gasteiger partial charge is 0.318 e. The van der Waals surface area contributed by atoms with E-state index in [0.29, 0.717) is 11.3 Å². The minimum Gasteiger partial charge on any atom is -0.496 e. The molecule has 0 aliphatic rings. The van der Waals surface area contributed by atoms with Crippen LogP contribution in [0.3, 0.4) is 0 Å². The Balaban J connectivity index is 2.52. The summed E-state index contributed by atoms with van der Waals surface area (Å²) in [4.78, 5) is 19.4. The van der Waals surface area contributed by atoms with Gasteiger partial charge in [-0.3, -0.25) is 4.79 Å². The second kappa shape index (κ2) is 5.27. The summed E-state index contributed by atoms with van der Waals surface area (Å²) >= 11 is 0. The molecule has 1 atom stereocenters. The maximum absolute atomic E-state index is 11.4. The highest BCUT2D eigenvalue weighted by Gasteiger charge is 2.27. The van der Waals surface area contributed by atoms with Gasteiger partial charge in [0, 0.05) is 18.0 Å². The number of aromatic nitrogens is 2. The highest BCUT2D eigenvalue weighted by molar-refractivity contribution is 5.80. The van der Waals surface area contributed by atoms with Gasteiger partial charge in [-0.25, -0.2) is 9.97 Å². The molecule has 1 heterocycles. The largest absolute Gasteiger partial charge is 0.496 e. The Kier molecular flexibility index (Phi) is 3.52. The normalized spacial score (nSPS) is 11.8. The van der Waals surface area contributed by atoms with Crippen LogP contribution in [0.1, 0.15) is 17.3 Å². The van der Waals surface area contributed by atoms with Crippen LogP contribution in [0.5, 0.6) is 5.75 Å². The average molecular weight is 244 g/mol. The fourth-order valence-corrected chi connectivity index (χ4v) is 1.75. The van der Waals surface area contributed by atoms with E-state index in [1.807, 2.05) is 0 Å². The van der Waals surface area contributed by atoms with E-state index >= 15 is 0 Å². The van der Waals surface area contributed by atoms with Crippen molar-refractivity contribution in [3.63, 3.8) is 0 Å². The van der Waals surface area contributed by atoms with E-state index in [0.717, 1.165) is 0 Å². The number of carboxylic acids is 1. The zero-order valence-electron chi connectivity index (χ0n) is 9.78. The van der Waals surface area contributed by atoms with E-state index in [4.69, 9.17) is 4.74 Å². The summed E-state index contributed by atoms with van der Waals surface area (Å²) in [5.41, 5.74) is 0.540. The van der Waals surface area contributed by atoms with Crippen LogP contribution in [0.25, 0.3) is 0 Å². The van der Waals surface area contributed by atoms with Gasteiger partial charge in [0.05, 0.1) is 7.11 Å². The Bertz CT molecular complexity index is 543. The van der Waals surface area contributed by atoms with Crippen LogP contribution in [0.2, 0.25) is 0 Å². The van der Waals surface area contributed by atoms with Gasteiger partial charge in [0.1, 0.15) is 17.5 Å². The summed E-state index contributed by atoms with van der Waals surface area (Å²) in [6.45, 7) is 0. The van der Waals surface area contributed by atoms with Gasteiger partial charge in [-0.15, -0.1) is 0 Å². The lowest BCUT2D eigenvalue weighted by molar-refractivity contribution is -0.137. The first kappa shape index (κ1) is 12.0. The summed E-state index contributed by atoms with van der Waals surface area (Å²) in [7, 11) is 1.50. The van der Waals surface area contributed by atoms with E-state index in [9.17, 15) is 9.90 Å². The number of ether oxygens (including phenoxy) is 1. The Labute approximate surface area is 104 Å². The molecule has 0 amide bonds. The number of methoxy groups -OCH3 is 1. The Hall–Kier alpha value is -2.43. The molecular weight excluding hydrogens is 232 g/mol. The number of nitrogens with zero attached hydrogens (tertiary/aromatic N) is 2. The standard InChI is InChI=1S/C13H12N2O3/c1-18-10-6-3-2-5-9(10)11(13(16)17)12-14-7-4-8-15-12/h2-8,11H,1H3,(H,16,17). The average Bonchev–Trinajstić information content (AvgIpc) is 2.40. The number of para-hydroxylation sites is 1. The van der Waals surface area contributed by atoms with E-state index in [1.54, 1.807) is 30.3 Å². The summed E-state index contributed by atoms with van der Waals surface area (Å²) in [5.74, 6) is -1.18. The number of carbonyl (C=O) groups is 1. The summed E-state index contributed by atoms with van der Waals surface area (Å²) < 4.78 is 5.18.